The van der Waals surface area contributed by atoms with Gasteiger partial charge in [0.05, 0.1) is 0 Å². The Morgan fingerprint density at radius 3 is 2.39 bits per heavy atom. The molecule has 2 bridgehead atoms. The Kier molecular flexibility index (Phi) is 4.47. The van der Waals surface area contributed by atoms with Crippen molar-refractivity contribution >= 4 is 5.97 Å². The van der Waals surface area contributed by atoms with Gasteiger partial charge in [0.2, 0.25) is 0 Å². The zero-order chi connectivity index (χ0) is 16.6. The normalized spacial score (nSPS) is 32.6. The molecule has 3 heterocycles. The largest absolute Gasteiger partial charge is 0.458 e. The van der Waals surface area contributed by atoms with Crippen LogP contribution in [-0.2, 0) is 15.1 Å². The van der Waals surface area contributed by atoms with Crippen LogP contribution in [0.3, 0.4) is 0 Å². The van der Waals surface area contributed by atoms with E-state index in [0.29, 0.717) is 11.5 Å². The van der Waals surface area contributed by atoms with Crippen molar-refractivity contribution in [3.05, 3.63) is 35.9 Å². The highest BCUT2D eigenvalue weighted by molar-refractivity contribution is 5.81. The highest BCUT2D eigenvalue weighted by Gasteiger charge is 2.48. The first-order valence-electron chi connectivity index (χ1n) is 8.67. The molecule has 23 heavy (non-hydrogen) atoms. The molecule has 0 saturated carbocycles. The third kappa shape index (κ3) is 2.79. The van der Waals surface area contributed by atoms with E-state index >= 15 is 0 Å². The monoisotopic (exact) mass is 317 g/mol. The number of piperidine rings is 3. The third-order valence-electron chi connectivity index (χ3n) is 5.69. The predicted molar refractivity (Wildman–Crippen MR) is 88.8 cm³/mol. The van der Waals surface area contributed by atoms with E-state index in [0.717, 1.165) is 25.9 Å². The van der Waals surface area contributed by atoms with Crippen LogP contribution < -0.4 is 0 Å². The average molecular weight is 317 g/mol. The van der Waals surface area contributed by atoms with Crippen molar-refractivity contribution in [2.75, 3.05) is 13.1 Å². The molecule has 0 amide bonds. The maximum atomic E-state index is 12.9. The average Bonchev–Trinajstić information content (AvgIpc) is 2.58. The number of hydrogen-bond acceptors (Lipinski definition) is 4. The van der Waals surface area contributed by atoms with Crippen LogP contribution >= 0.6 is 0 Å². The molecule has 3 aliphatic rings. The molecule has 3 saturated heterocycles. The molecule has 0 aromatic heterocycles. The number of rotatable bonds is 4. The number of nitrogens with zero attached hydrogens (tertiary/aromatic N) is 1. The second kappa shape index (κ2) is 6.25. The number of benzene rings is 1. The van der Waals surface area contributed by atoms with Crippen LogP contribution in [0, 0.1) is 11.8 Å². The Morgan fingerprint density at radius 2 is 1.87 bits per heavy atom. The van der Waals surface area contributed by atoms with Crippen molar-refractivity contribution in [1.29, 1.82) is 0 Å². The minimum atomic E-state index is -1.59. The summed E-state index contributed by atoms with van der Waals surface area (Å²) in [6.07, 6.45) is 2.04. The quantitative estimate of drug-likeness (QED) is 0.867. The summed E-state index contributed by atoms with van der Waals surface area (Å²) >= 11 is 0. The van der Waals surface area contributed by atoms with Gasteiger partial charge < -0.3 is 9.84 Å². The molecule has 4 nitrogen and oxygen atoms in total. The van der Waals surface area contributed by atoms with Gasteiger partial charge in [0, 0.05) is 6.04 Å². The number of aliphatic hydroxyl groups is 1. The highest BCUT2D eigenvalue weighted by atomic mass is 16.6. The van der Waals surface area contributed by atoms with E-state index in [1.807, 2.05) is 32.0 Å². The smallest absolute Gasteiger partial charge is 0.343 e. The summed E-state index contributed by atoms with van der Waals surface area (Å²) in [7, 11) is 0. The Morgan fingerprint density at radius 1 is 1.26 bits per heavy atom. The summed E-state index contributed by atoms with van der Waals surface area (Å²) in [5, 5.41) is 11.1. The van der Waals surface area contributed by atoms with Crippen LogP contribution in [-0.4, -0.2) is 41.2 Å². The Balaban J connectivity index is 1.83. The molecule has 0 aliphatic carbocycles. The molecule has 1 aromatic carbocycles. The van der Waals surface area contributed by atoms with Crippen LogP contribution in [0.2, 0.25) is 0 Å². The summed E-state index contributed by atoms with van der Waals surface area (Å²) in [4.78, 5) is 15.3. The SMILES string of the molecule is CC1C(OC(=O)C(O)(c2ccccc2)C(C)C)C2CCN1CC2. The van der Waals surface area contributed by atoms with Gasteiger partial charge >= 0.3 is 5.97 Å². The molecule has 126 valence electrons. The fourth-order valence-corrected chi connectivity index (χ4v) is 4.04. The van der Waals surface area contributed by atoms with Crippen molar-refractivity contribution < 1.29 is 14.6 Å². The minimum Gasteiger partial charge on any atom is -0.458 e. The summed E-state index contributed by atoms with van der Waals surface area (Å²) in [6, 6.07) is 9.38. The fraction of sp³-hybridized carbons (Fsp3) is 0.632. The number of carbonyl (C=O) groups is 1. The number of hydrogen-bond donors (Lipinski definition) is 1. The van der Waals surface area contributed by atoms with Gasteiger partial charge in [0.1, 0.15) is 6.10 Å². The zero-order valence-electron chi connectivity index (χ0n) is 14.2. The van der Waals surface area contributed by atoms with Crippen LogP contribution in [0.5, 0.6) is 0 Å². The van der Waals surface area contributed by atoms with Gasteiger partial charge in [-0.25, -0.2) is 4.79 Å². The van der Waals surface area contributed by atoms with Crippen molar-refractivity contribution in [3.8, 4) is 0 Å². The van der Waals surface area contributed by atoms with Gasteiger partial charge in [-0.3, -0.25) is 4.90 Å². The summed E-state index contributed by atoms with van der Waals surface area (Å²) < 4.78 is 5.89. The second-order valence-electron chi connectivity index (χ2n) is 7.27. The third-order valence-corrected chi connectivity index (χ3v) is 5.69. The maximum Gasteiger partial charge on any atom is 0.343 e. The fourth-order valence-electron chi connectivity index (χ4n) is 4.04. The first-order chi connectivity index (χ1) is 10.9. The number of ether oxygens (including phenoxy) is 1. The molecular formula is C19H27NO3. The van der Waals surface area contributed by atoms with Crippen molar-refractivity contribution in [2.24, 2.45) is 11.8 Å². The first-order valence-corrected chi connectivity index (χ1v) is 8.67. The lowest BCUT2D eigenvalue weighted by Gasteiger charge is -2.49. The molecule has 0 spiro atoms. The standard InChI is InChI=1S/C19H27NO3/c1-13(2)19(22,16-7-5-4-6-8-16)18(21)23-17-14(3)20-11-9-15(17)10-12-20/h4-8,13-15,17,22H,9-12H2,1-3H3. The molecule has 0 radical (unpaired) electrons. The van der Waals surface area contributed by atoms with Crippen LogP contribution in [0.25, 0.3) is 0 Å². The van der Waals surface area contributed by atoms with Crippen LogP contribution in [0.4, 0.5) is 0 Å². The topological polar surface area (TPSA) is 49.8 Å². The minimum absolute atomic E-state index is 0.112. The summed E-state index contributed by atoms with van der Waals surface area (Å²) in [6.45, 7) is 8.02. The van der Waals surface area contributed by atoms with Gasteiger partial charge in [-0.15, -0.1) is 0 Å². The molecule has 4 heteroatoms. The van der Waals surface area contributed by atoms with Gasteiger partial charge in [0.25, 0.3) is 0 Å². The zero-order valence-corrected chi connectivity index (χ0v) is 14.2. The molecular weight excluding hydrogens is 290 g/mol. The Hall–Kier alpha value is -1.39. The van der Waals surface area contributed by atoms with E-state index in [1.54, 1.807) is 12.1 Å². The molecule has 1 aromatic rings. The van der Waals surface area contributed by atoms with E-state index in [-0.39, 0.29) is 18.1 Å². The molecule has 1 N–H and O–H groups in total. The molecule has 3 fully saturated rings. The summed E-state index contributed by atoms with van der Waals surface area (Å²) in [5.74, 6) is -0.343. The van der Waals surface area contributed by atoms with E-state index in [4.69, 9.17) is 4.74 Å². The second-order valence-corrected chi connectivity index (χ2v) is 7.27. The maximum absolute atomic E-state index is 12.9. The number of carbonyl (C=O) groups excluding carboxylic acids is 1. The summed E-state index contributed by atoms with van der Waals surface area (Å²) in [5.41, 5.74) is -0.985. The van der Waals surface area contributed by atoms with Gasteiger partial charge in [-0.1, -0.05) is 44.2 Å². The van der Waals surface area contributed by atoms with Crippen molar-refractivity contribution in [2.45, 2.75) is 51.4 Å². The molecule has 3 unspecified atom stereocenters. The van der Waals surface area contributed by atoms with E-state index in [1.165, 1.54) is 0 Å². The first kappa shape index (κ1) is 16.5. The van der Waals surface area contributed by atoms with Gasteiger partial charge in [0.15, 0.2) is 5.60 Å². The Bertz CT molecular complexity index is 549. The van der Waals surface area contributed by atoms with Crippen molar-refractivity contribution in [1.82, 2.24) is 4.90 Å². The molecule has 3 aliphatic heterocycles. The van der Waals surface area contributed by atoms with Gasteiger partial charge in [-0.05, 0) is 50.3 Å². The molecule has 4 rings (SSSR count). The number of esters is 1. The predicted octanol–water partition coefficient (Wildman–Crippen LogP) is 2.56. The van der Waals surface area contributed by atoms with Crippen molar-refractivity contribution in [3.63, 3.8) is 0 Å². The Labute approximate surface area is 138 Å². The lowest BCUT2D eigenvalue weighted by atomic mass is 9.80. The van der Waals surface area contributed by atoms with E-state index in [2.05, 4.69) is 11.8 Å². The van der Waals surface area contributed by atoms with Gasteiger partial charge in [-0.2, -0.15) is 0 Å². The molecule has 3 atom stereocenters. The highest BCUT2D eigenvalue weighted by Crippen LogP contribution is 2.37. The lowest BCUT2D eigenvalue weighted by Crippen LogP contribution is -2.59. The van der Waals surface area contributed by atoms with Crippen LogP contribution in [0.15, 0.2) is 30.3 Å². The van der Waals surface area contributed by atoms with E-state index < -0.39 is 11.6 Å². The lowest BCUT2D eigenvalue weighted by molar-refractivity contribution is -0.191. The van der Waals surface area contributed by atoms with E-state index in [9.17, 15) is 9.90 Å². The number of fused-ring (bicyclic) bond motifs is 3. The van der Waals surface area contributed by atoms with Crippen LogP contribution in [0.1, 0.15) is 39.2 Å².